The highest BCUT2D eigenvalue weighted by atomic mass is 19.1. The first-order chi connectivity index (χ1) is 10.8. The van der Waals surface area contributed by atoms with Crippen LogP contribution in [0.4, 0.5) is 14.9 Å². The Labute approximate surface area is 142 Å². The Morgan fingerprint density at radius 3 is 2.29 bits per heavy atom. The number of rotatable bonds is 2. The lowest BCUT2D eigenvalue weighted by atomic mass is 9.82. The Bertz CT molecular complexity index is 627. The smallest absolute Gasteiger partial charge is 0.444 e. The summed E-state index contributed by atoms with van der Waals surface area (Å²) in [5.74, 6) is -0.638. The minimum absolute atomic E-state index is 0.106. The fourth-order valence-electron chi connectivity index (χ4n) is 2.12. The van der Waals surface area contributed by atoms with Gasteiger partial charge in [0.15, 0.2) is 0 Å². The average Bonchev–Trinajstić information content (AvgIpc) is 2.58. The minimum Gasteiger partial charge on any atom is -0.444 e. The lowest BCUT2D eigenvalue weighted by Crippen LogP contribution is -2.41. The summed E-state index contributed by atoms with van der Waals surface area (Å²) in [6, 6.07) is 1.15. The van der Waals surface area contributed by atoms with Crippen LogP contribution in [0, 0.1) is 5.82 Å². The minimum atomic E-state index is -0.893. The predicted molar refractivity (Wildman–Crippen MR) is 89.8 cm³/mol. The van der Waals surface area contributed by atoms with Crippen LogP contribution in [-0.4, -0.2) is 35.0 Å². The van der Waals surface area contributed by atoms with Crippen LogP contribution in [0.25, 0.3) is 0 Å². The monoisotopic (exact) mass is 338 g/mol. The van der Waals surface area contributed by atoms with Crippen LogP contribution in [-0.2, 0) is 14.0 Å². The largest absolute Gasteiger partial charge is 0.516 e. The second-order valence-corrected chi connectivity index (χ2v) is 7.77. The summed E-state index contributed by atoms with van der Waals surface area (Å²) in [5, 5.41) is 2.41. The molecular weight excluding hydrogens is 314 g/mol. The number of anilines is 1. The molecule has 24 heavy (non-hydrogen) atoms. The summed E-state index contributed by atoms with van der Waals surface area (Å²) in [4.78, 5) is 16.1. The molecule has 6 nitrogen and oxygen atoms in total. The number of pyridine rings is 1. The van der Waals surface area contributed by atoms with Gasteiger partial charge in [0.1, 0.15) is 11.4 Å². The van der Waals surface area contributed by atoms with E-state index in [4.69, 9.17) is 14.0 Å². The van der Waals surface area contributed by atoms with Crippen LogP contribution >= 0.6 is 0 Å². The maximum Gasteiger partial charge on any atom is 0.516 e. The normalized spacial score (nSPS) is 19.2. The second kappa shape index (κ2) is 6.00. The van der Waals surface area contributed by atoms with Crippen molar-refractivity contribution in [3.63, 3.8) is 0 Å². The zero-order valence-corrected chi connectivity index (χ0v) is 15.2. The van der Waals surface area contributed by atoms with E-state index < -0.39 is 35.8 Å². The summed E-state index contributed by atoms with van der Waals surface area (Å²) in [6.07, 6.45) is 0.530. The topological polar surface area (TPSA) is 69.7 Å². The molecule has 1 aromatic heterocycles. The molecule has 1 saturated heterocycles. The standard InChI is InChI=1S/C16H24BFN2O4/c1-14(2,3)22-13(21)20-11-10(18)8-9-19-12(11)17-23-15(4,5)16(6,7)24-17/h8-9H,1-7H3,(H,20,21). The first-order valence-corrected chi connectivity index (χ1v) is 7.82. The molecule has 0 unspecified atom stereocenters. The molecule has 1 aromatic rings. The highest BCUT2D eigenvalue weighted by molar-refractivity contribution is 6.63. The van der Waals surface area contributed by atoms with Crippen molar-refractivity contribution in [2.24, 2.45) is 0 Å². The molecule has 1 aliphatic heterocycles. The number of amides is 1. The molecule has 0 radical (unpaired) electrons. The van der Waals surface area contributed by atoms with Crippen molar-refractivity contribution >= 4 is 24.5 Å². The maximum absolute atomic E-state index is 14.3. The lowest BCUT2D eigenvalue weighted by Gasteiger charge is -2.32. The van der Waals surface area contributed by atoms with E-state index in [2.05, 4.69) is 10.3 Å². The highest BCUT2D eigenvalue weighted by Gasteiger charge is 2.53. The average molecular weight is 338 g/mol. The summed E-state index contributed by atoms with van der Waals surface area (Å²) >= 11 is 0. The van der Waals surface area contributed by atoms with E-state index in [0.717, 1.165) is 6.07 Å². The van der Waals surface area contributed by atoms with Crippen LogP contribution in [0.2, 0.25) is 0 Å². The SMILES string of the molecule is CC(C)(C)OC(=O)Nc1c(F)ccnc1B1OC(C)(C)C(C)(C)O1. The van der Waals surface area contributed by atoms with Gasteiger partial charge < -0.3 is 14.0 Å². The van der Waals surface area contributed by atoms with E-state index in [-0.39, 0.29) is 11.3 Å². The number of halogens is 1. The molecule has 132 valence electrons. The molecule has 0 saturated carbocycles. The third-order valence-corrected chi connectivity index (χ3v) is 4.03. The maximum atomic E-state index is 14.3. The van der Waals surface area contributed by atoms with Crippen LogP contribution in [0.15, 0.2) is 12.3 Å². The fourth-order valence-corrected chi connectivity index (χ4v) is 2.12. The van der Waals surface area contributed by atoms with Gasteiger partial charge in [-0.15, -0.1) is 0 Å². The van der Waals surface area contributed by atoms with E-state index in [9.17, 15) is 9.18 Å². The van der Waals surface area contributed by atoms with Crippen LogP contribution in [0.3, 0.4) is 0 Å². The molecule has 8 heteroatoms. The van der Waals surface area contributed by atoms with Gasteiger partial charge in [0.2, 0.25) is 0 Å². The van der Waals surface area contributed by atoms with Gasteiger partial charge in [-0.05, 0) is 54.5 Å². The van der Waals surface area contributed by atoms with Crippen molar-refractivity contribution in [2.45, 2.75) is 65.3 Å². The van der Waals surface area contributed by atoms with Crippen molar-refractivity contribution in [3.8, 4) is 0 Å². The van der Waals surface area contributed by atoms with Crippen molar-refractivity contribution in [3.05, 3.63) is 18.1 Å². The lowest BCUT2D eigenvalue weighted by molar-refractivity contribution is 0.00578. The third kappa shape index (κ3) is 3.87. The molecule has 1 amide bonds. The van der Waals surface area contributed by atoms with Crippen LogP contribution in [0.5, 0.6) is 0 Å². The van der Waals surface area contributed by atoms with Gasteiger partial charge in [-0.3, -0.25) is 10.3 Å². The summed E-state index contributed by atoms with van der Waals surface area (Å²) < 4.78 is 31.2. The summed E-state index contributed by atoms with van der Waals surface area (Å²) in [5.41, 5.74) is -1.85. The molecule has 1 aliphatic rings. The van der Waals surface area contributed by atoms with Crippen LogP contribution < -0.4 is 10.9 Å². The highest BCUT2D eigenvalue weighted by Crippen LogP contribution is 2.37. The molecule has 2 rings (SSSR count). The molecule has 0 bridgehead atoms. The van der Waals surface area contributed by atoms with Crippen LogP contribution in [0.1, 0.15) is 48.5 Å². The van der Waals surface area contributed by atoms with Gasteiger partial charge in [-0.2, -0.15) is 0 Å². The molecule has 1 N–H and O–H groups in total. The number of hydrogen-bond donors (Lipinski definition) is 1. The van der Waals surface area contributed by atoms with Crippen molar-refractivity contribution in [2.75, 3.05) is 5.32 Å². The van der Waals surface area contributed by atoms with Crippen molar-refractivity contribution in [1.82, 2.24) is 4.98 Å². The Kier molecular flexibility index (Phi) is 4.67. The van der Waals surface area contributed by atoms with Gasteiger partial charge in [0.25, 0.3) is 0 Å². The number of carbonyl (C=O) groups excluding carboxylic acids is 1. The number of nitrogens with zero attached hydrogens (tertiary/aromatic N) is 1. The second-order valence-electron chi connectivity index (χ2n) is 7.77. The summed E-state index contributed by atoms with van der Waals surface area (Å²) in [7, 11) is -0.893. The van der Waals surface area contributed by atoms with Crippen molar-refractivity contribution in [1.29, 1.82) is 0 Å². The van der Waals surface area contributed by atoms with E-state index in [0.29, 0.717) is 0 Å². The molecular formula is C16H24BFN2O4. The third-order valence-electron chi connectivity index (χ3n) is 4.03. The van der Waals surface area contributed by atoms with Crippen molar-refractivity contribution < 1.29 is 23.2 Å². The van der Waals surface area contributed by atoms with Gasteiger partial charge in [-0.1, -0.05) is 0 Å². The Balaban J connectivity index is 2.30. The predicted octanol–water partition coefficient (Wildman–Crippen LogP) is 2.87. The van der Waals surface area contributed by atoms with Gasteiger partial charge in [0, 0.05) is 6.20 Å². The number of aromatic nitrogens is 1. The number of ether oxygens (including phenoxy) is 1. The molecule has 1 fully saturated rings. The first-order valence-electron chi connectivity index (χ1n) is 7.82. The van der Waals surface area contributed by atoms with E-state index in [1.165, 1.54) is 6.20 Å². The first kappa shape index (κ1) is 18.7. The number of carbonyl (C=O) groups is 1. The van der Waals surface area contributed by atoms with Gasteiger partial charge in [-0.25, -0.2) is 9.18 Å². The van der Waals surface area contributed by atoms with E-state index in [1.807, 2.05) is 27.7 Å². The number of nitrogens with one attached hydrogen (secondary N) is 1. The Morgan fingerprint density at radius 1 is 1.25 bits per heavy atom. The van der Waals surface area contributed by atoms with Gasteiger partial charge >= 0.3 is 13.2 Å². The van der Waals surface area contributed by atoms with Gasteiger partial charge in [0.05, 0.1) is 22.5 Å². The zero-order valence-electron chi connectivity index (χ0n) is 15.2. The molecule has 0 aromatic carbocycles. The zero-order chi connectivity index (χ0) is 18.3. The Morgan fingerprint density at radius 2 is 1.79 bits per heavy atom. The molecule has 0 atom stereocenters. The molecule has 0 spiro atoms. The van der Waals surface area contributed by atoms with E-state index >= 15 is 0 Å². The Hall–Kier alpha value is -1.67. The molecule has 2 heterocycles. The fraction of sp³-hybridized carbons (Fsp3) is 0.625. The number of hydrogen-bond acceptors (Lipinski definition) is 5. The molecule has 0 aliphatic carbocycles. The van der Waals surface area contributed by atoms with E-state index in [1.54, 1.807) is 20.8 Å². The quantitative estimate of drug-likeness (QED) is 0.840. The summed E-state index contributed by atoms with van der Waals surface area (Å²) in [6.45, 7) is 12.7.